The second-order valence-electron chi connectivity index (χ2n) is 3.71. The number of alkyl halides is 4. The van der Waals surface area contributed by atoms with Gasteiger partial charge in [0.15, 0.2) is 0 Å². The number of carbonyl (C=O) groups is 1. The third kappa shape index (κ3) is 2.63. The molecule has 0 heterocycles. The van der Waals surface area contributed by atoms with Crippen molar-refractivity contribution in [2.24, 2.45) is 0 Å². The van der Waals surface area contributed by atoms with Gasteiger partial charge in [0, 0.05) is 7.11 Å². The fraction of sp³-hybridized carbons (Fsp3) is 0.889. The molecule has 94 valence electrons. The highest BCUT2D eigenvalue weighted by molar-refractivity contribution is 5.84. The summed E-state index contributed by atoms with van der Waals surface area (Å²) in [5, 5.41) is 1.91. The zero-order chi connectivity index (χ0) is 12.3. The zero-order valence-corrected chi connectivity index (χ0v) is 8.68. The normalized spacial score (nSPS) is 26.1. The molecular formula is C9H13F4NO2. The van der Waals surface area contributed by atoms with Crippen LogP contribution in [0.1, 0.15) is 19.3 Å². The van der Waals surface area contributed by atoms with Gasteiger partial charge in [0.05, 0.1) is 12.1 Å². The minimum absolute atomic E-state index is 0.377. The Labute approximate surface area is 90.1 Å². The molecule has 1 fully saturated rings. The van der Waals surface area contributed by atoms with Crippen LogP contribution in [-0.4, -0.2) is 37.5 Å². The van der Waals surface area contributed by atoms with Crippen LogP contribution in [0.2, 0.25) is 0 Å². The van der Waals surface area contributed by atoms with Crippen molar-refractivity contribution < 1.29 is 27.1 Å². The van der Waals surface area contributed by atoms with Crippen LogP contribution in [0.25, 0.3) is 0 Å². The van der Waals surface area contributed by atoms with Gasteiger partial charge in [-0.1, -0.05) is 0 Å². The minimum Gasteiger partial charge on any atom is -0.379 e. The smallest absolute Gasteiger partial charge is 0.379 e. The molecule has 0 saturated heterocycles. The van der Waals surface area contributed by atoms with Crippen molar-refractivity contribution in [3.05, 3.63) is 0 Å². The van der Waals surface area contributed by atoms with E-state index >= 15 is 0 Å². The number of hydrogen-bond donors (Lipinski definition) is 1. The number of ether oxygens (including phenoxy) is 1. The van der Waals surface area contributed by atoms with E-state index in [-0.39, 0.29) is 6.10 Å². The van der Waals surface area contributed by atoms with Crippen LogP contribution in [0, 0.1) is 0 Å². The molecule has 0 aliphatic heterocycles. The SMILES string of the molecule is COC1CCCC1NC(=O)C(F)(F)C(F)F. The molecule has 1 N–H and O–H groups in total. The third-order valence-electron chi connectivity index (χ3n) is 2.65. The number of carbonyl (C=O) groups excluding carboxylic acids is 1. The number of hydrogen-bond acceptors (Lipinski definition) is 2. The first-order chi connectivity index (χ1) is 7.39. The summed E-state index contributed by atoms with van der Waals surface area (Å²) < 4.78 is 53.9. The van der Waals surface area contributed by atoms with Crippen LogP contribution in [0.5, 0.6) is 0 Å². The maximum absolute atomic E-state index is 12.6. The van der Waals surface area contributed by atoms with Gasteiger partial charge in [0.2, 0.25) is 0 Å². The molecule has 0 spiro atoms. The molecule has 2 unspecified atom stereocenters. The van der Waals surface area contributed by atoms with Crippen molar-refractivity contribution >= 4 is 5.91 Å². The predicted octanol–water partition coefficient (Wildman–Crippen LogP) is 1.57. The van der Waals surface area contributed by atoms with E-state index in [0.29, 0.717) is 19.3 Å². The molecule has 1 aliphatic carbocycles. The van der Waals surface area contributed by atoms with E-state index in [1.54, 1.807) is 0 Å². The van der Waals surface area contributed by atoms with Gasteiger partial charge < -0.3 is 10.1 Å². The highest BCUT2D eigenvalue weighted by Crippen LogP contribution is 2.26. The van der Waals surface area contributed by atoms with Gasteiger partial charge in [0.1, 0.15) is 0 Å². The average molecular weight is 243 g/mol. The summed E-state index contributed by atoms with van der Waals surface area (Å²) in [4.78, 5) is 10.9. The molecule has 0 aromatic rings. The molecule has 1 amide bonds. The fourth-order valence-electron chi connectivity index (χ4n) is 1.74. The van der Waals surface area contributed by atoms with Crippen molar-refractivity contribution in [2.45, 2.75) is 43.8 Å². The van der Waals surface area contributed by atoms with E-state index in [9.17, 15) is 22.4 Å². The van der Waals surface area contributed by atoms with E-state index in [4.69, 9.17) is 4.74 Å². The number of amides is 1. The maximum atomic E-state index is 12.6. The predicted molar refractivity (Wildman–Crippen MR) is 47.5 cm³/mol. The average Bonchev–Trinajstić information content (AvgIpc) is 2.64. The topological polar surface area (TPSA) is 38.3 Å². The molecular weight excluding hydrogens is 230 g/mol. The Morgan fingerprint density at radius 3 is 2.56 bits per heavy atom. The highest BCUT2D eigenvalue weighted by Gasteiger charge is 2.50. The maximum Gasteiger partial charge on any atom is 0.383 e. The third-order valence-corrected chi connectivity index (χ3v) is 2.65. The Hall–Kier alpha value is -0.850. The Morgan fingerprint density at radius 1 is 1.44 bits per heavy atom. The summed E-state index contributed by atoms with van der Waals surface area (Å²) in [6.07, 6.45) is -2.57. The largest absolute Gasteiger partial charge is 0.383 e. The Morgan fingerprint density at radius 2 is 2.06 bits per heavy atom. The van der Waals surface area contributed by atoms with E-state index in [1.165, 1.54) is 7.11 Å². The van der Waals surface area contributed by atoms with Gasteiger partial charge in [-0.3, -0.25) is 4.79 Å². The molecule has 7 heteroatoms. The quantitative estimate of drug-likeness (QED) is 0.761. The first-order valence-corrected chi connectivity index (χ1v) is 4.89. The monoisotopic (exact) mass is 243 g/mol. The first-order valence-electron chi connectivity index (χ1n) is 4.89. The van der Waals surface area contributed by atoms with Crippen LogP contribution >= 0.6 is 0 Å². The Bertz CT molecular complexity index is 260. The van der Waals surface area contributed by atoms with Gasteiger partial charge in [-0.2, -0.15) is 8.78 Å². The number of methoxy groups -OCH3 is 1. The van der Waals surface area contributed by atoms with E-state index in [1.807, 2.05) is 5.32 Å². The lowest BCUT2D eigenvalue weighted by Gasteiger charge is -2.22. The van der Waals surface area contributed by atoms with E-state index < -0.39 is 24.3 Å². The van der Waals surface area contributed by atoms with Gasteiger partial charge in [-0.25, -0.2) is 8.78 Å². The second-order valence-corrected chi connectivity index (χ2v) is 3.71. The van der Waals surface area contributed by atoms with Crippen LogP contribution in [0.3, 0.4) is 0 Å². The second kappa shape index (κ2) is 4.99. The summed E-state index contributed by atoms with van der Waals surface area (Å²) in [5.74, 6) is -6.57. The molecule has 0 radical (unpaired) electrons. The van der Waals surface area contributed by atoms with Crippen LogP contribution in [-0.2, 0) is 9.53 Å². The van der Waals surface area contributed by atoms with Crippen LogP contribution < -0.4 is 5.32 Å². The summed E-state index contributed by atoms with van der Waals surface area (Å²) in [6, 6.07) is -0.609. The molecule has 1 rings (SSSR count). The number of nitrogens with one attached hydrogen (secondary N) is 1. The molecule has 0 bridgehead atoms. The lowest BCUT2D eigenvalue weighted by atomic mass is 10.2. The summed E-state index contributed by atoms with van der Waals surface area (Å²) >= 11 is 0. The summed E-state index contributed by atoms with van der Waals surface area (Å²) in [6.45, 7) is 0. The number of rotatable bonds is 4. The first kappa shape index (κ1) is 13.2. The fourth-order valence-corrected chi connectivity index (χ4v) is 1.74. The summed E-state index contributed by atoms with van der Waals surface area (Å²) in [7, 11) is 1.39. The van der Waals surface area contributed by atoms with Crippen molar-refractivity contribution in [3.63, 3.8) is 0 Å². The molecule has 1 aliphatic rings. The molecule has 0 aromatic heterocycles. The lowest BCUT2D eigenvalue weighted by molar-refractivity contribution is -0.170. The van der Waals surface area contributed by atoms with Gasteiger partial charge in [-0.15, -0.1) is 0 Å². The zero-order valence-electron chi connectivity index (χ0n) is 8.68. The molecule has 16 heavy (non-hydrogen) atoms. The van der Waals surface area contributed by atoms with Crippen LogP contribution in [0.4, 0.5) is 17.6 Å². The van der Waals surface area contributed by atoms with Crippen molar-refractivity contribution in [1.29, 1.82) is 0 Å². The van der Waals surface area contributed by atoms with Crippen molar-refractivity contribution in [1.82, 2.24) is 5.32 Å². The van der Waals surface area contributed by atoms with E-state index in [2.05, 4.69) is 0 Å². The molecule has 1 saturated carbocycles. The van der Waals surface area contributed by atoms with E-state index in [0.717, 1.165) is 0 Å². The van der Waals surface area contributed by atoms with Crippen molar-refractivity contribution in [3.8, 4) is 0 Å². The minimum atomic E-state index is -4.64. The standard InChI is InChI=1S/C9H13F4NO2/c1-16-6-4-2-3-5(6)14-8(15)9(12,13)7(10)11/h5-7H,2-4H2,1H3,(H,14,15). The lowest BCUT2D eigenvalue weighted by Crippen LogP contribution is -2.51. The van der Waals surface area contributed by atoms with Crippen molar-refractivity contribution in [2.75, 3.05) is 7.11 Å². The van der Waals surface area contributed by atoms with Gasteiger partial charge in [-0.05, 0) is 19.3 Å². The van der Waals surface area contributed by atoms with Gasteiger partial charge >= 0.3 is 12.3 Å². The van der Waals surface area contributed by atoms with Gasteiger partial charge in [0.25, 0.3) is 5.91 Å². The molecule has 3 nitrogen and oxygen atoms in total. The molecule has 2 atom stereocenters. The highest BCUT2D eigenvalue weighted by atomic mass is 19.3. The number of halogens is 4. The molecule has 0 aromatic carbocycles. The summed E-state index contributed by atoms with van der Waals surface area (Å²) in [5.41, 5.74) is 0. The Balaban J connectivity index is 2.57. The van der Waals surface area contributed by atoms with Crippen LogP contribution in [0.15, 0.2) is 0 Å². The Kier molecular flexibility index (Phi) is 4.12.